The number of rotatable bonds is 11. The van der Waals surface area contributed by atoms with Crippen LogP contribution in [-0.2, 0) is 4.74 Å². The molecule has 0 unspecified atom stereocenters. The van der Waals surface area contributed by atoms with Crippen molar-refractivity contribution in [2.45, 2.75) is 45.7 Å². The summed E-state index contributed by atoms with van der Waals surface area (Å²) in [5, 5.41) is 18.0. The molecule has 0 heterocycles. The lowest BCUT2D eigenvalue weighted by Crippen LogP contribution is -2.16. The van der Waals surface area contributed by atoms with Gasteiger partial charge in [-0.25, -0.2) is 0 Å². The molecular formula is C21H32F3N3O2. The van der Waals surface area contributed by atoms with E-state index in [4.69, 9.17) is 21.0 Å². The Kier molecular flexibility index (Phi) is 14.1. The van der Waals surface area contributed by atoms with Gasteiger partial charge in [-0.05, 0) is 62.1 Å². The van der Waals surface area contributed by atoms with Gasteiger partial charge < -0.3 is 26.3 Å². The monoisotopic (exact) mass is 415 g/mol. The molecule has 29 heavy (non-hydrogen) atoms. The van der Waals surface area contributed by atoms with E-state index in [0.717, 1.165) is 25.6 Å². The van der Waals surface area contributed by atoms with Gasteiger partial charge in [-0.2, -0.15) is 13.2 Å². The van der Waals surface area contributed by atoms with Gasteiger partial charge in [-0.3, -0.25) is 0 Å². The van der Waals surface area contributed by atoms with E-state index in [2.05, 4.69) is 12.2 Å². The Morgan fingerprint density at radius 2 is 2.00 bits per heavy atom. The molecule has 0 aliphatic heterocycles. The Morgan fingerprint density at radius 1 is 1.31 bits per heavy atom. The highest BCUT2D eigenvalue weighted by Gasteiger charge is 2.36. The fourth-order valence-electron chi connectivity index (χ4n) is 1.82. The molecule has 0 radical (unpaired) electrons. The van der Waals surface area contributed by atoms with E-state index in [1.807, 2.05) is 0 Å². The van der Waals surface area contributed by atoms with Crippen molar-refractivity contribution in [3.63, 3.8) is 0 Å². The third kappa shape index (κ3) is 14.2. The number of allylic oxidation sites excluding steroid dienone is 6. The van der Waals surface area contributed by atoms with Crippen molar-refractivity contribution in [3.05, 3.63) is 59.9 Å². The highest BCUT2D eigenvalue weighted by Crippen LogP contribution is 2.31. The minimum Gasteiger partial charge on any atom is -0.464 e. The van der Waals surface area contributed by atoms with Crippen molar-refractivity contribution in [3.8, 4) is 0 Å². The predicted octanol–water partition coefficient (Wildman–Crippen LogP) is 4.69. The summed E-state index contributed by atoms with van der Waals surface area (Å²) in [6.45, 7) is 4.85. The zero-order valence-corrected chi connectivity index (χ0v) is 17.0. The molecule has 0 aromatic heterocycles. The van der Waals surface area contributed by atoms with Crippen LogP contribution in [0.4, 0.5) is 13.2 Å². The lowest BCUT2D eigenvalue weighted by atomic mass is 10.2. The van der Waals surface area contributed by atoms with Crippen LogP contribution in [0.1, 0.15) is 39.5 Å². The number of nitrogens with one attached hydrogen (secondary N) is 2. The zero-order valence-electron chi connectivity index (χ0n) is 17.0. The quantitative estimate of drug-likeness (QED) is 0.224. The standard InChI is InChI=1S/C17H22F3N3O.C4H10O/c1-13(4-2-8-21)12-24-16(15(10-22)17(18,19)20)5-3-9-23-11-14-6-7-14;1-2-3-4-5/h2-5,8-10,12,14,21,23H,6-7,11,22H2,1H3;5H,2-4H2,1H3/b4-2-,9-3+,13-12+,15-10-,16-5+,21-8?;. The summed E-state index contributed by atoms with van der Waals surface area (Å²) in [7, 11) is 0. The van der Waals surface area contributed by atoms with E-state index in [1.54, 1.807) is 13.1 Å². The van der Waals surface area contributed by atoms with Gasteiger partial charge in [-0.15, -0.1) is 0 Å². The number of unbranched alkanes of at least 4 members (excludes halogenated alkanes) is 1. The summed E-state index contributed by atoms with van der Waals surface area (Å²) in [6.07, 6.45) is 9.71. The molecule has 0 saturated heterocycles. The maximum atomic E-state index is 13.0. The normalized spacial score (nSPS) is 16.0. The second-order valence-corrected chi connectivity index (χ2v) is 6.40. The largest absolute Gasteiger partial charge is 0.464 e. The second kappa shape index (κ2) is 15.4. The van der Waals surface area contributed by atoms with Crippen LogP contribution in [0.2, 0.25) is 0 Å². The third-order valence-electron chi connectivity index (χ3n) is 3.64. The molecule has 1 aliphatic carbocycles. The van der Waals surface area contributed by atoms with Crippen LogP contribution in [0.5, 0.6) is 0 Å². The van der Waals surface area contributed by atoms with Gasteiger partial charge in [0.25, 0.3) is 0 Å². The molecule has 0 spiro atoms. The molecule has 1 rings (SSSR count). The molecule has 1 fully saturated rings. The van der Waals surface area contributed by atoms with Crippen LogP contribution in [-0.4, -0.2) is 30.6 Å². The van der Waals surface area contributed by atoms with E-state index in [1.165, 1.54) is 43.4 Å². The molecule has 1 saturated carbocycles. The first kappa shape index (κ1) is 26.5. The molecular weight excluding hydrogens is 383 g/mol. The molecule has 0 aromatic rings. The van der Waals surface area contributed by atoms with Gasteiger partial charge in [0.05, 0.1) is 6.26 Å². The van der Waals surface area contributed by atoms with Gasteiger partial charge in [0, 0.05) is 25.6 Å². The van der Waals surface area contributed by atoms with Crippen LogP contribution in [0.15, 0.2) is 59.9 Å². The third-order valence-corrected chi connectivity index (χ3v) is 3.64. The first-order valence-electron chi connectivity index (χ1n) is 9.51. The summed E-state index contributed by atoms with van der Waals surface area (Å²) in [5.41, 5.74) is 4.61. The molecule has 5 nitrogen and oxygen atoms in total. The van der Waals surface area contributed by atoms with Gasteiger partial charge in [0.1, 0.15) is 11.3 Å². The number of aliphatic hydroxyl groups is 1. The van der Waals surface area contributed by atoms with E-state index >= 15 is 0 Å². The van der Waals surface area contributed by atoms with Crippen LogP contribution in [0.25, 0.3) is 0 Å². The van der Waals surface area contributed by atoms with Crippen LogP contribution in [0.3, 0.4) is 0 Å². The predicted molar refractivity (Wildman–Crippen MR) is 111 cm³/mol. The van der Waals surface area contributed by atoms with Crippen molar-refractivity contribution in [1.29, 1.82) is 5.41 Å². The number of nitrogens with two attached hydrogens (primary N) is 1. The molecule has 5 N–H and O–H groups in total. The highest BCUT2D eigenvalue weighted by atomic mass is 19.4. The number of hydrogen-bond donors (Lipinski definition) is 4. The smallest absolute Gasteiger partial charge is 0.421 e. The maximum absolute atomic E-state index is 13.0. The first-order chi connectivity index (χ1) is 13.8. The van der Waals surface area contributed by atoms with Gasteiger partial charge in [0.2, 0.25) is 0 Å². The van der Waals surface area contributed by atoms with Gasteiger partial charge in [0.15, 0.2) is 0 Å². The summed E-state index contributed by atoms with van der Waals surface area (Å²) in [6, 6.07) is 0. The molecule has 164 valence electrons. The Labute approximate surface area is 171 Å². The zero-order chi connectivity index (χ0) is 22.1. The van der Waals surface area contributed by atoms with Crippen molar-refractivity contribution in [2.75, 3.05) is 13.2 Å². The first-order valence-corrected chi connectivity index (χ1v) is 9.51. The fraction of sp³-hybridized carbons (Fsp3) is 0.476. The Morgan fingerprint density at radius 3 is 2.45 bits per heavy atom. The van der Waals surface area contributed by atoms with Crippen LogP contribution >= 0.6 is 0 Å². The Hall–Kier alpha value is -2.48. The fourth-order valence-corrected chi connectivity index (χ4v) is 1.82. The molecule has 0 bridgehead atoms. The Balaban J connectivity index is 0.00000139. The number of halogens is 3. The topological polar surface area (TPSA) is 91.4 Å². The number of hydrogen-bond acceptors (Lipinski definition) is 5. The average molecular weight is 416 g/mol. The minimum atomic E-state index is -4.62. The summed E-state index contributed by atoms with van der Waals surface area (Å²) >= 11 is 0. The maximum Gasteiger partial charge on any atom is 0.421 e. The molecule has 0 aromatic carbocycles. The van der Waals surface area contributed by atoms with E-state index in [-0.39, 0.29) is 0 Å². The van der Waals surface area contributed by atoms with Crippen molar-refractivity contribution in [1.82, 2.24) is 5.32 Å². The van der Waals surface area contributed by atoms with Crippen molar-refractivity contribution < 1.29 is 23.0 Å². The second-order valence-electron chi connectivity index (χ2n) is 6.40. The molecule has 0 amide bonds. The molecule has 0 atom stereocenters. The summed E-state index contributed by atoms with van der Waals surface area (Å²) < 4.78 is 44.2. The molecule has 8 heteroatoms. The highest BCUT2D eigenvalue weighted by molar-refractivity contribution is 5.68. The molecule has 1 aliphatic rings. The lowest BCUT2D eigenvalue weighted by molar-refractivity contribution is -0.0928. The average Bonchev–Trinajstić information content (AvgIpc) is 3.48. The number of alkyl halides is 3. The summed E-state index contributed by atoms with van der Waals surface area (Å²) in [5.74, 6) is 0.257. The van der Waals surface area contributed by atoms with Crippen LogP contribution in [0, 0.1) is 11.3 Å². The lowest BCUT2D eigenvalue weighted by Gasteiger charge is -2.13. The van der Waals surface area contributed by atoms with Crippen LogP contribution < -0.4 is 11.1 Å². The van der Waals surface area contributed by atoms with E-state index in [9.17, 15) is 13.2 Å². The van der Waals surface area contributed by atoms with Crippen molar-refractivity contribution in [2.24, 2.45) is 11.7 Å². The Bertz CT molecular complexity index is 615. The number of ether oxygens (including phenoxy) is 1. The summed E-state index contributed by atoms with van der Waals surface area (Å²) in [4.78, 5) is 0. The van der Waals surface area contributed by atoms with Crippen molar-refractivity contribution >= 4 is 6.21 Å². The SMILES string of the molecule is CC(/C=C\C=N)=C\OC(=C/C=C/NCC1CC1)/C(=C/N)C(F)(F)F.CCCCO. The number of aliphatic hydroxyl groups excluding tert-OH is 1. The van der Waals surface area contributed by atoms with Gasteiger partial charge >= 0.3 is 6.18 Å². The van der Waals surface area contributed by atoms with E-state index < -0.39 is 17.5 Å². The van der Waals surface area contributed by atoms with E-state index in [0.29, 0.717) is 24.3 Å². The van der Waals surface area contributed by atoms with Gasteiger partial charge in [-0.1, -0.05) is 19.4 Å². The minimum absolute atomic E-state index is 0.344.